The molecule has 1 aliphatic carbocycles. The zero-order valence-electron chi connectivity index (χ0n) is 16.6. The van der Waals surface area contributed by atoms with E-state index in [0.29, 0.717) is 31.9 Å². The van der Waals surface area contributed by atoms with Crippen molar-refractivity contribution in [1.29, 1.82) is 0 Å². The van der Waals surface area contributed by atoms with Crippen LogP contribution in [0.25, 0.3) is 0 Å². The van der Waals surface area contributed by atoms with Crippen LogP contribution in [-0.4, -0.2) is 72.5 Å². The lowest BCUT2D eigenvalue weighted by atomic mass is 10.0. The van der Waals surface area contributed by atoms with Gasteiger partial charge in [0, 0.05) is 52.0 Å². The Morgan fingerprint density at radius 2 is 1.69 bits per heavy atom. The van der Waals surface area contributed by atoms with E-state index in [1.165, 1.54) is 0 Å². The number of Topliss-reactive ketones (excluding diaryl/α,β-unsaturated/α-hetero) is 1. The second-order valence-electron chi connectivity index (χ2n) is 7.90. The Bertz CT molecular complexity index is 619. The Morgan fingerprint density at radius 1 is 1.08 bits per heavy atom. The second-order valence-corrected chi connectivity index (χ2v) is 7.90. The smallest absolute Gasteiger partial charge is 0.410 e. The first-order valence-electron chi connectivity index (χ1n) is 9.20. The molecule has 0 spiro atoms. The second kappa shape index (κ2) is 8.43. The molecule has 0 atom stereocenters. The first kappa shape index (κ1) is 20.1. The summed E-state index contributed by atoms with van der Waals surface area (Å²) in [5.41, 5.74) is 0.926. The van der Waals surface area contributed by atoms with Crippen molar-refractivity contribution < 1.29 is 14.3 Å². The minimum atomic E-state index is -0.500. The third kappa shape index (κ3) is 5.64. The van der Waals surface area contributed by atoms with Crippen LogP contribution >= 0.6 is 0 Å². The van der Waals surface area contributed by atoms with Crippen LogP contribution in [-0.2, 0) is 9.53 Å². The summed E-state index contributed by atoms with van der Waals surface area (Å²) in [6.45, 7) is 7.91. The van der Waals surface area contributed by atoms with E-state index in [-0.39, 0.29) is 11.9 Å². The van der Waals surface area contributed by atoms with E-state index in [0.717, 1.165) is 18.4 Å². The van der Waals surface area contributed by atoms with E-state index in [1.54, 1.807) is 4.90 Å². The SMILES string of the molecule is CN(C)/C=C(/C(=O)C1=CCCC=C1)N1CCN(C(=O)OC(C)(C)C)CC1. The van der Waals surface area contributed by atoms with Gasteiger partial charge in [-0.3, -0.25) is 4.79 Å². The molecule has 0 radical (unpaired) electrons. The molecule has 1 fully saturated rings. The Morgan fingerprint density at radius 3 is 2.19 bits per heavy atom. The molecule has 26 heavy (non-hydrogen) atoms. The number of ether oxygens (including phenoxy) is 1. The van der Waals surface area contributed by atoms with Crippen LogP contribution in [0.15, 0.2) is 35.7 Å². The van der Waals surface area contributed by atoms with Crippen LogP contribution in [0.4, 0.5) is 4.79 Å². The predicted octanol–water partition coefficient (Wildman–Crippen LogP) is 2.79. The van der Waals surface area contributed by atoms with Crippen molar-refractivity contribution in [3.8, 4) is 0 Å². The van der Waals surface area contributed by atoms with Crippen molar-refractivity contribution in [3.63, 3.8) is 0 Å². The van der Waals surface area contributed by atoms with Crippen molar-refractivity contribution in [3.05, 3.63) is 35.7 Å². The predicted molar refractivity (Wildman–Crippen MR) is 103 cm³/mol. The zero-order valence-corrected chi connectivity index (χ0v) is 16.6. The minimum Gasteiger partial charge on any atom is -0.444 e. The van der Waals surface area contributed by atoms with Gasteiger partial charge in [-0.15, -0.1) is 0 Å². The fourth-order valence-corrected chi connectivity index (χ4v) is 2.91. The molecular weight excluding hydrogens is 330 g/mol. The van der Waals surface area contributed by atoms with E-state index in [4.69, 9.17) is 4.74 Å². The third-order valence-corrected chi connectivity index (χ3v) is 4.14. The molecule has 0 bridgehead atoms. The number of piperazine rings is 1. The third-order valence-electron chi connectivity index (χ3n) is 4.14. The number of ketones is 1. The molecule has 6 nitrogen and oxygen atoms in total. The van der Waals surface area contributed by atoms with Crippen LogP contribution in [0.3, 0.4) is 0 Å². The van der Waals surface area contributed by atoms with Gasteiger partial charge in [0.2, 0.25) is 5.78 Å². The van der Waals surface area contributed by atoms with Gasteiger partial charge in [0.05, 0.1) is 0 Å². The highest BCUT2D eigenvalue weighted by molar-refractivity contribution is 6.09. The summed E-state index contributed by atoms with van der Waals surface area (Å²) >= 11 is 0. The lowest BCUT2D eigenvalue weighted by Crippen LogP contribution is -2.50. The highest BCUT2D eigenvalue weighted by atomic mass is 16.6. The molecule has 1 aliphatic heterocycles. The fraction of sp³-hybridized carbons (Fsp3) is 0.600. The normalized spacial score (nSPS) is 18.5. The topological polar surface area (TPSA) is 53.1 Å². The first-order chi connectivity index (χ1) is 12.2. The van der Waals surface area contributed by atoms with Gasteiger partial charge in [-0.05, 0) is 33.6 Å². The van der Waals surface area contributed by atoms with Crippen molar-refractivity contribution in [2.75, 3.05) is 40.3 Å². The van der Waals surface area contributed by atoms with E-state index < -0.39 is 5.60 Å². The molecule has 0 N–H and O–H groups in total. The summed E-state index contributed by atoms with van der Waals surface area (Å²) in [4.78, 5) is 30.9. The number of rotatable bonds is 4. The van der Waals surface area contributed by atoms with E-state index in [9.17, 15) is 9.59 Å². The maximum atomic E-state index is 13.0. The molecule has 1 amide bonds. The van der Waals surface area contributed by atoms with Gasteiger partial charge in [-0.2, -0.15) is 0 Å². The summed E-state index contributed by atoms with van der Waals surface area (Å²) in [6.07, 6.45) is 9.42. The zero-order chi connectivity index (χ0) is 19.3. The number of hydrogen-bond donors (Lipinski definition) is 0. The standard InChI is InChI=1S/C20H31N3O3/c1-20(2,3)26-19(25)23-13-11-22(12-14-23)17(15-21(4)5)18(24)16-9-7-6-8-10-16/h7,9-10,15H,6,8,11-14H2,1-5H3/b17-15-. The first-order valence-corrected chi connectivity index (χ1v) is 9.20. The van der Waals surface area contributed by atoms with Gasteiger partial charge < -0.3 is 19.4 Å². The number of nitrogens with zero attached hydrogens (tertiary/aromatic N) is 3. The number of allylic oxidation sites excluding steroid dienone is 4. The van der Waals surface area contributed by atoms with E-state index in [2.05, 4.69) is 4.90 Å². The van der Waals surface area contributed by atoms with Crippen LogP contribution in [0.1, 0.15) is 33.6 Å². The molecule has 0 aromatic rings. The molecule has 1 saturated heterocycles. The average Bonchev–Trinajstić information content (AvgIpc) is 2.58. The van der Waals surface area contributed by atoms with Gasteiger partial charge in [0.1, 0.15) is 11.3 Å². The van der Waals surface area contributed by atoms with Crippen molar-refractivity contribution in [2.24, 2.45) is 0 Å². The van der Waals surface area contributed by atoms with Crippen LogP contribution in [0.5, 0.6) is 0 Å². The van der Waals surface area contributed by atoms with Crippen LogP contribution in [0.2, 0.25) is 0 Å². The molecule has 0 aromatic carbocycles. The molecule has 0 aromatic heterocycles. The Hall–Kier alpha value is -2.24. The highest BCUT2D eigenvalue weighted by Crippen LogP contribution is 2.20. The number of amides is 1. The average molecular weight is 361 g/mol. The van der Waals surface area contributed by atoms with Gasteiger partial charge >= 0.3 is 6.09 Å². The molecule has 0 unspecified atom stereocenters. The van der Waals surface area contributed by atoms with Gasteiger partial charge in [-0.25, -0.2) is 4.79 Å². The molecule has 6 heteroatoms. The van der Waals surface area contributed by atoms with Gasteiger partial charge in [0.15, 0.2) is 0 Å². The molecule has 2 aliphatic rings. The van der Waals surface area contributed by atoms with Crippen molar-refractivity contribution in [1.82, 2.24) is 14.7 Å². The maximum Gasteiger partial charge on any atom is 0.410 e. The van der Waals surface area contributed by atoms with Crippen molar-refractivity contribution >= 4 is 11.9 Å². The van der Waals surface area contributed by atoms with Gasteiger partial charge in [-0.1, -0.05) is 18.2 Å². The Labute approximate surface area is 156 Å². The quantitative estimate of drug-likeness (QED) is 0.721. The maximum absolute atomic E-state index is 13.0. The fourth-order valence-electron chi connectivity index (χ4n) is 2.91. The summed E-state index contributed by atoms with van der Waals surface area (Å²) in [6, 6.07) is 0. The number of hydrogen-bond acceptors (Lipinski definition) is 5. The monoisotopic (exact) mass is 361 g/mol. The summed E-state index contributed by atoms with van der Waals surface area (Å²) in [5.74, 6) is 0.0420. The molecule has 144 valence electrons. The molecule has 2 rings (SSSR count). The van der Waals surface area contributed by atoms with E-state index >= 15 is 0 Å². The Balaban J connectivity index is 2.05. The number of carbonyl (C=O) groups excluding carboxylic acids is 2. The van der Waals surface area contributed by atoms with Crippen LogP contribution < -0.4 is 0 Å². The summed E-state index contributed by atoms with van der Waals surface area (Å²) < 4.78 is 5.44. The minimum absolute atomic E-state index is 0.0420. The van der Waals surface area contributed by atoms with E-state index in [1.807, 2.05) is 64.2 Å². The largest absolute Gasteiger partial charge is 0.444 e. The Kier molecular flexibility index (Phi) is 6.51. The van der Waals surface area contributed by atoms with Crippen LogP contribution in [0, 0.1) is 0 Å². The summed E-state index contributed by atoms with van der Waals surface area (Å²) in [7, 11) is 3.82. The lowest BCUT2D eigenvalue weighted by Gasteiger charge is -2.37. The highest BCUT2D eigenvalue weighted by Gasteiger charge is 2.29. The molecule has 1 heterocycles. The lowest BCUT2D eigenvalue weighted by molar-refractivity contribution is -0.113. The van der Waals surface area contributed by atoms with Crippen molar-refractivity contribution in [2.45, 2.75) is 39.2 Å². The van der Waals surface area contributed by atoms with Gasteiger partial charge in [0.25, 0.3) is 0 Å². The molecule has 0 saturated carbocycles. The molecular formula is C20H31N3O3. The summed E-state index contributed by atoms with van der Waals surface area (Å²) in [5, 5.41) is 0. The number of carbonyl (C=O) groups is 2.